The zero-order chi connectivity index (χ0) is 47.3. The molecule has 13 nitrogen and oxygen atoms in total. The number of thiazole rings is 1. The van der Waals surface area contributed by atoms with Gasteiger partial charge in [0.15, 0.2) is 5.75 Å². The molecule has 1 aliphatic heterocycles. The number of nitrogens with zero attached hydrogens (tertiary/aromatic N) is 2. The number of aliphatic hydroxyl groups excluding tert-OH is 1. The zero-order valence-electron chi connectivity index (χ0n) is 38.3. The summed E-state index contributed by atoms with van der Waals surface area (Å²) in [5.74, 6) is 1.31. The zero-order valence-corrected chi connectivity index (χ0v) is 39.9. The van der Waals surface area contributed by atoms with E-state index >= 15 is 0 Å². The highest BCUT2D eigenvalue weighted by Crippen LogP contribution is 2.47. The molecule has 1 fully saturated rings. The van der Waals surface area contributed by atoms with E-state index in [4.69, 9.17) is 23.7 Å². The Morgan fingerprint density at radius 3 is 2.21 bits per heavy atom. The van der Waals surface area contributed by atoms with Gasteiger partial charge in [-0.3, -0.25) is 14.5 Å². The molecular weight excluding hydrogens is 896 g/mol. The summed E-state index contributed by atoms with van der Waals surface area (Å²) in [5.41, 5.74) is 5.60. The van der Waals surface area contributed by atoms with Crippen LogP contribution in [0, 0.1) is 18.2 Å². The van der Waals surface area contributed by atoms with Crippen LogP contribution in [0.5, 0.6) is 23.0 Å². The van der Waals surface area contributed by atoms with E-state index in [-0.39, 0.29) is 48.1 Å². The molecule has 3 heterocycles. The van der Waals surface area contributed by atoms with Crippen molar-refractivity contribution < 1.29 is 47.9 Å². The van der Waals surface area contributed by atoms with Crippen LogP contribution in [0.3, 0.4) is 0 Å². The molecule has 7 rings (SSSR count). The van der Waals surface area contributed by atoms with Crippen LogP contribution in [-0.2, 0) is 30.2 Å². The second-order valence-corrected chi connectivity index (χ2v) is 19.4. The van der Waals surface area contributed by atoms with E-state index in [9.17, 15) is 24.2 Å². The summed E-state index contributed by atoms with van der Waals surface area (Å²) in [5, 5.41) is 27.6. The van der Waals surface area contributed by atoms with Gasteiger partial charge in [0.05, 0.1) is 66.1 Å². The molecular formula is C51H59FN4O9S2. The number of amides is 2. The Morgan fingerprint density at radius 2 is 1.52 bits per heavy atom. The monoisotopic (exact) mass is 954 g/mol. The maximum atomic E-state index is 13.7. The molecule has 0 spiro atoms. The normalized spacial score (nSPS) is 15.7. The summed E-state index contributed by atoms with van der Waals surface area (Å²) in [6, 6.07) is 26.1. The average molecular weight is 955 g/mol. The van der Waals surface area contributed by atoms with Crippen molar-refractivity contribution in [1.82, 2.24) is 20.5 Å². The number of aromatic hydroxyl groups is 1. The van der Waals surface area contributed by atoms with Crippen LogP contribution < -0.4 is 20.1 Å². The number of phenolic OH excluding ortho intramolecular Hbond substituents is 1. The Kier molecular flexibility index (Phi) is 17.4. The molecule has 356 valence electrons. The number of benzene rings is 4. The number of phenols is 1. The third kappa shape index (κ3) is 14.0. The summed E-state index contributed by atoms with van der Waals surface area (Å²) in [4.78, 5) is 34.6. The summed E-state index contributed by atoms with van der Waals surface area (Å²) >= 11 is 3.08. The van der Waals surface area contributed by atoms with Gasteiger partial charge >= 0.3 is 0 Å². The van der Waals surface area contributed by atoms with E-state index in [0.29, 0.717) is 82.8 Å². The van der Waals surface area contributed by atoms with Gasteiger partial charge in [-0.2, -0.15) is 0 Å². The van der Waals surface area contributed by atoms with Crippen LogP contribution in [0.15, 0.2) is 96.5 Å². The standard InChI is InChI=1S/C51H59FN4O9S2/c1-33-48(66-32-54-33)35-7-5-34(6-8-35)19-20-53-50(60)43-27-39(58)29-56(43)30-45(51(2,3)4)55-46(59)31-63-24-23-61-21-22-62-25-26-64-40-14-16-41(17-15-40)65-47-42-18-13-38(57)28-44(42)67-49(47)36-9-11-37(52)12-10-36/h5-18,28,32,39,43,45,57-58H,19-27,29-31H2,1-4H3,(H,53,60)(H,55,59)/t39-,43-,45+/m0/s1. The fourth-order valence-corrected chi connectivity index (χ4v) is 9.69. The quantitative estimate of drug-likeness (QED) is 0.0457. The number of likely N-dealkylation sites (tertiary alicyclic amines) is 1. The summed E-state index contributed by atoms with van der Waals surface area (Å²) in [6.07, 6.45) is 0.384. The largest absolute Gasteiger partial charge is 0.508 e. The second-order valence-electron chi connectivity index (χ2n) is 17.5. The molecule has 4 aromatic carbocycles. The predicted octanol–water partition coefficient (Wildman–Crippen LogP) is 8.39. The number of hydrogen-bond acceptors (Lipinski definition) is 13. The summed E-state index contributed by atoms with van der Waals surface area (Å²) in [6.45, 7) is 11.1. The minimum absolute atomic E-state index is 0.128. The molecule has 67 heavy (non-hydrogen) atoms. The van der Waals surface area contributed by atoms with Crippen molar-refractivity contribution >= 4 is 44.6 Å². The molecule has 6 aromatic rings. The van der Waals surface area contributed by atoms with Crippen LogP contribution in [0.2, 0.25) is 0 Å². The molecule has 1 saturated heterocycles. The van der Waals surface area contributed by atoms with Crippen LogP contribution in [0.1, 0.15) is 38.4 Å². The van der Waals surface area contributed by atoms with Gasteiger partial charge in [-0.05, 0) is 96.5 Å². The Labute approximate surface area is 398 Å². The number of rotatable bonds is 23. The third-order valence-corrected chi connectivity index (χ3v) is 13.6. The Hall–Kier alpha value is -5.46. The van der Waals surface area contributed by atoms with Gasteiger partial charge in [-0.15, -0.1) is 22.7 Å². The minimum Gasteiger partial charge on any atom is -0.508 e. The molecule has 16 heteroatoms. The molecule has 0 bridgehead atoms. The van der Waals surface area contributed by atoms with Crippen LogP contribution in [-0.4, -0.2) is 116 Å². The van der Waals surface area contributed by atoms with Crippen LogP contribution in [0.4, 0.5) is 4.39 Å². The lowest BCUT2D eigenvalue weighted by Crippen LogP contribution is -2.54. The van der Waals surface area contributed by atoms with E-state index < -0.39 is 12.1 Å². The fourth-order valence-electron chi connectivity index (χ4n) is 7.71. The SMILES string of the molecule is Cc1ncsc1-c1ccc(CCNC(=O)[C@@H]2C[C@H](O)CN2C[C@@H](NC(=O)COCCOCCOCCOc2ccc(Oc3c(-c4ccc(F)cc4)sc4cc(O)ccc34)cc2)C(C)(C)C)cc1. The number of nitrogens with one attached hydrogen (secondary N) is 2. The third-order valence-electron chi connectivity index (χ3n) is 11.4. The van der Waals surface area contributed by atoms with Crippen molar-refractivity contribution in [3.05, 3.63) is 114 Å². The number of aryl methyl sites for hydroxylation is 1. The summed E-state index contributed by atoms with van der Waals surface area (Å²) < 4.78 is 43.6. The number of β-amino-alcohol motifs (C(OH)–C–C–N with tert-alkyl or cyclic N) is 1. The molecule has 1 aliphatic rings. The Morgan fingerprint density at radius 1 is 0.866 bits per heavy atom. The highest BCUT2D eigenvalue weighted by atomic mass is 32.1. The lowest BCUT2D eigenvalue weighted by atomic mass is 9.86. The fraction of sp³-hybridized carbons (Fsp3) is 0.392. The van der Waals surface area contributed by atoms with Crippen LogP contribution in [0.25, 0.3) is 31.0 Å². The lowest BCUT2D eigenvalue weighted by Gasteiger charge is -2.36. The number of aliphatic hydroxyl groups is 1. The molecule has 0 unspecified atom stereocenters. The highest BCUT2D eigenvalue weighted by molar-refractivity contribution is 7.22. The van der Waals surface area contributed by atoms with Gasteiger partial charge in [-0.1, -0.05) is 57.2 Å². The van der Waals surface area contributed by atoms with E-state index in [2.05, 4.69) is 39.9 Å². The topological polar surface area (TPSA) is 161 Å². The lowest BCUT2D eigenvalue weighted by molar-refractivity contribution is -0.128. The van der Waals surface area contributed by atoms with Crippen molar-refractivity contribution in [1.29, 1.82) is 0 Å². The first-order valence-electron chi connectivity index (χ1n) is 22.4. The van der Waals surface area contributed by atoms with Gasteiger partial charge in [0.1, 0.15) is 36.3 Å². The number of carbonyl (C=O) groups is 2. The second kappa shape index (κ2) is 23.5. The van der Waals surface area contributed by atoms with Crippen molar-refractivity contribution in [3.8, 4) is 43.9 Å². The predicted molar refractivity (Wildman–Crippen MR) is 260 cm³/mol. The highest BCUT2D eigenvalue weighted by Gasteiger charge is 2.39. The van der Waals surface area contributed by atoms with Gasteiger partial charge in [0.25, 0.3) is 0 Å². The number of carbonyl (C=O) groups excluding carboxylic acids is 2. The minimum atomic E-state index is -0.632. The molecule has 0 aliphatic carbocycles. The van der Waals surface area contributed by atoms with E-state index in [1.165, 1.54) is 23.5 Å². The van der Waals surface area contributed by atoms with E-state index in [0.717, 1.165) is 42.2 Å². The molecule has 2 amide bonds. The van der Waals surface area contributed by atoms with Crippen molar-refractivity contribution in [2.24, 2.45) is 5.41 Å². The van der Waals surface area contributed by atoms with Gasteiger partial charge < -0.3 is 44.5 Å². The molecule has 0 saturated carbocycles. The number of halogens is 1. The molecule has 0 radical (unpaired) electrons. The van der Waals surface area contributed by atoms with Crippen LogP contribution >= 0.6 is 22.7 Å². The number of hydrogen-bond donors (Lipinski definition) is 4. The van der Waals surface area contributed by atoms with E-state index in [1.54, 1.807) is 35.6 Å². The number of thiophene rings is 1. The molecule has 2 aromatic heterocycles. The van der Waals surface area contributed by atoms with Crippen molar-refractivity contribution in [2.75, 3.05) is 65.9 Å². The van der Waals surface area contributed by atoms with E-state index in [1.807, 2.05) is 68.4 Å². The Balaban J connectivity index is 0.751. The summed E-state index contributed by atoms with van der Waals surface area (Å²) in [7, 11) is 0. The maximum Gasteiger partial charge on any atom is 0.246 e. The molecule has 4 N–H and O–H groups in total. The first-order valence-corrected chi connectivity index (χ1v) is 24.1. The first-order chi connectivity index (χ1) is 32.3. The smallest absolute Gasteiger partial charge is 0.246 e. The van der Waals surface area contributed by atoms with Crippen molar-refractivity contribution in [2.45, 2.75) is 58.7 Å². The van der Waals surface area contributed by atoms with Crippen molar-refractivity contribution in [3.63, 3.8) is 0 Å². The van der Waals surface area contributed by atoms with Gasteiger partial charge in [0, 0.05) is 35.8 Å². The molecule has 3 atom stereocenters. The number of ether oxygens (including phenoxy) is 5. The first kappa shape index (κ1) is 49.4. The maximum absolute atomic E-state index is 13.7. The Bertz CT molecular complexity index is 2530. The van der Waals surface area contributed by atoms with Gasteiger partial charge in [-0.25, -0.2) is 9.37 Å². The number of aromatic nitrogens is 1. The average Bonchev–Trinajstić information content (AvgIpc) is 4.01. The number of fused-ring (bicyclic) bond motifs is 1. The van der Waals surface area contributed by atoms with Gasteiger partial charge in [0.2, 0.25) is 11.8 Å².